The van der Waals surface area contributed by atoms with Gasteiger partial charge < -0.3 is 15.7 Å². The van der Waals surface area contributed by atoms with Gasteiger partial charge in [0, 0.05) is 12.7 Å². The molecule has 1 fully saturated rings. The topological polar surface area (TPSA) is 91.3 Å². The molecule has 2 atom stereocenters. The molecular formula is C15H21N3O3. The average Bonchev–Trinajstić information content (AvgIpc) is 2.53. The van der Waals surface area contributed by atoms with Gasteiger partial charge >= 0.3 is 5.97 Å². The maximum absolute atomic E-state index is 12.1. The van der Waals surface area contributed by atoms with Gasteiger partial charge in [0.15, 0.2) is 0 Å². The highest BCUT2D eigenvalue weighted by molar-refractivity contribution is 5.85. The number of aromatic carboxylic acids is 1. The number of carbonyl (C=O) groups excluding carboxylic acids is 1. The van der Waals surface area contributed by atoms with Crippen molar-refractivity contribution < 1.29 is 14.7 Å². The van der Waals surface area contributed by atoms with Gasteiger partial charge in [-0.2, -0.15) is 0 Å². The summed E-state index contributed by atoms with van der Waals surface area (Å²) in [7, 11) is 0. The Kier molecular flexibility index (Phi) is 5.27. The summed E-state index contributed by atoms with van der Waals surface area (Å²) < 4.78 is 0. The van der Waals surface area contributed by atoms with Crippen molar-refractivity contribution in [2.75, 3.05) is 6.54 Å². The Labute approximate surface area is 124 Å². The molecule has 1 aliphatic rings. The van der Waals surface area contributed by atoms with E-state index in [1.807, 2.05) is 0 Å². The molecule has 1 saturated heterocycles. The van der Waals surface area contributed by atoms with Crippen molar-refractivity contribution in [3.63, 3.8) is 0 Å². The molecule has 1 aromatic heterocycles. The summed E-state index contributed by atoms with van der Waals surface area (Å²) in [6.45, 7) is 3.40. The van der Waals surface area contributed by atoms with Gasteiger partial charge in [0.2, 0.25) is 5.91 Å². The molecule has 0 aromatic carbocycles. The zero-order valence-electron chi connectivity index (χ0n) is 12.1. The monoisotopic (exact) mass is 291 g/mol. The van der Waals surface area contributed by atoms with E-state index in [1.54, 1.807) is 6.07 Å². The maximum atomic E-state index is 12.1. The number of hydrogen-bond donors (Lipinski definition) is 3. The summed E-state index contributed by atoms with van der Waals surface area (Å²) in [6, 6.07) is 2.98. The van der Waals surface area contributed by atoms with Crippen LogP contribution < -0.4 is 10.6 Å². The Morgan fingerprint density at radius 3 is 2.90 bits per heavy atom. The molecule has 2 rings (SSSR count). The van der Waals surface area contributed by atoms with Crippen LogP contribution in [0.25, 0.3) is 0 Å². The number of hydrogen-bond acceptors (Lipinski definition) is 4. The lowest BCUT2D eigenvalue weighted by Gasteiger charge is -2.28. The van der Waals surface area contributed by atoms with E-state index in [4.69, 9.17) is 5.11 Å². The van der Waals surface area contributed by atoms with Gasteiger partial charge in [-0.15, -0.1) is 0 Å². The first-order valence-corrected chi connectivity index (χ1v) is 7.29. The lowest BCUT2D eigenvalue weighted by atomic mass is 9.90. The number of carbonyl (C=O) groups is 2. The van der Waals surface area contributed by atoms with Crippen LogP contribution in [-0.2, 0) is 11.3 Å². The minimum Gasteiger partial charge on any atom is -0.477 e. The van der Waals surface area contributed by atoms with E-state index < -0.39 is 5.97 Å². The number of nitrogens with one attached hydrogen (secondary N) is 2. The Morgan fingerprint density at radius 2 is 2.29 bits per heavy atom. The zero-order valence-corrected chi connectivity index (χ0v) is 12.1. The van der Waals surface area contributed by atoms with E-state index in [2.05, 4.69) is 22.5 Å². The number of piperidine rings is 1. The first kappa shape index (κ1) is 15.4. The predicted molar refractivity (Wildman–Crippen MR) is 77.8 cm³/mol. The van der Waals surface area contributed by atoms with Crippen molar-refractivity contribution in [1.82, 2.24) is 15.6 Å². The molecule has 0 aliphatic carbocycles. The minimum atomic E-state index is -1.05. The van der Waals surface area contributed by atoms with Gasteiger partial charge in [-0.3, -0.25) is 4.79 Å². The van der Waals surface area contributed by atoms with Crippen molar-refractivity contribution >= 4 is 11.9 Å². The van der Waals surface area contributed by atoms with Crippen LogP contribution in [-0.4, -0.2) is 34.6 Å². The molecule has 0 spiro atoms. The van der Waals surface area contributed by atoms with Gasteiger partial charge in [-0.25, -0.2) is 9.78 Å². The Bertz CT molecular complexity index is 501. The summed E-state index contributed by atoms with van der Waals surface area (Å²) in [5.74, 6) is -0.448. The number of rotatable bonds is 5. The van der Waals surface area contributed by atoms with E-state index in [-0.39, 0.29) is 17.6 Å². The number of carboxylic acids is 1. The summed E-state index contributed by atoms with van der Waals surface area (Å²) in [5, 5.41) is 14.9. The maximum Gasteiger partial charge on any atom is 0.354 e. The summed E-state index contributed by atoms with van der Waals surface area (Å²) in [5.41, 5.74) is 0.793. The highest BCUT2D eigenvalue weighted by Gasteiger charge is 2.25. The molecule has 21 heavy (non-hydrogen) atoms. The number of nitrogens with zero attached hydrogens (tertiary/aromatic N) is 1. The van der Waals surface area contributed by atoms with Crippen molar-refractivity contribution in [2.24, 2.45) is 5.92 Å². The molecule has 1 amide bonds. The number of carboxylic acid groups (broad SMARTS) is 1. The molecule has 2 unspecified atom stereocenters. The third-order valence-electron chi connectivity index (χ3n) is 3.92. The molecule has 6 nitrogen and oxygen atoms in total. The second kappa shape index (κ2) is 7.17. The third-order valence-corrected chi connectivity index (χ3v) is 3.92. The summed E-state index contributed by atoms with van der Waals surface area (Å²) in [4.78, 5) is 26.7. The Balaban J connectivity index is 1.84. The van der Waals surface area contributed by atoms with Crippen LogP contribution in [0.3, 0.4) is 0 Å². The summed E-state index contributed by atoms with van der Waals surface area (Å²) in [6.07, 6.45) is 4.58. The van der Waals surface area contributed by atoms with Crippen molar-refractivity contribution in [3.8, 4) is 0 Å². The van der Waals surface area contributed by atoms with E-state index in [1.165, 1.54) is 12.3 Å². The van der Waals surface area contributed by atoms with Crippen LogP contribution in [0.1, 0.15) is 42.2 Å². The third kappa shape index (κ3) is 4.26. The number of pyridine rings is 1. The molecule has 0 radical (unpaired) electrons. The van der Waals surface area contributed by atoms with E-state index in [0.29, 0.717) is 12.5 Å². The van der Waals surface area contributed by atoms with Crippen LogP contribution >= 0.6 is 0 Å². The highest BCUT2D eigenvalue weighted by atomic mass is 16.4. The van der Waals surface area contributed by atoms with Crippen molar-refractivity contribution in [3.05, 3.63) is 29.6 Å². The van der Waals surface area contributed by atoms with Crippen molar-refractivity contribution in [2.45, 2.75) is 38.8 Å². The molecule has 3 N–H and O–H groups in total. The van der Waals surface area contributed by atoms with E-state index >= 15 is 0 Å². The predicted octanol–water partition coefficient (Wildman–Crippen LogP) is 1.17. The Morgan fingerprint density at radius 1 is 1.48 bits per heavy atom. The van der Waals surface area contributed by atoms with Crippen LogP contribution in [0.4, 0.5) is 0 Å². The smallest absolute Gasteiger partial charge is 0.354 e. The van der Waals surface area contributed by atoms with Gasteiger partial charge in [0.1, 0.15) is 5.69 Å². The largest absolute Gasteiger partial charge is 0.477 e. The first-order chi connectivity index (χ1) is 10.1. The molecule has 6 heteroatoms. The van der Waals surface area contributed by atoms with Crippen LogP contribution in [0.15, 0.2) is 18.3 Å². The van der Waals surface area contributed by atoms with Gasteiger partial charge in [-0.05, 0) is 36.9 Å². The SMILES string of the molecule is CCC1CCNC(C(=O)NCc2ccc(C(=O)O)nc2)C1. The second-order valence-corrected chi connectivity index (χ2v) is 5.38. The molecule has 1 aliphatic heterocycles. The van der Waals surface area contributed by atoms with Gasteiger partial charge in [0.25, 0.3) is 0 Å². The standard InChI is InChI=1S/C15H21N3O3/c1-2-10-5-6-16-13(7-10)14(19)18-9-11-3-4-12(15(20)21)17-8-11/h3-4,8,10,13,16H,2,5-7,9H2,1H3,(H,18,19)(H,20,21). The van der Waals surface area contributed by atoms with E-state index in [0.717, 1.165) is 31.4 Å². The van der Waals surface area contributed by atoms with Gasteiger partial charge in [-0.1, -0.05) is 19.4 Å². The molecule has 0 saturated carbocycles. The van der Waals surface area contributed by atoms with E-state index in [9.17, 15) is 9.59 Å². The Hall–Kier alpha value is -1.95. The molecule has 1 aromatic rings. The summed E-state index contributed by atoms with van der Waals surface area (Å²) >= 11 is 0. The molecular weight excluding hydrogens is 270 g/mol. The quantitative estimate of drug-likeness (QED) is 0.757. The molecule has 2 heterocycles. The fourth-order valence-electron chi connectivity index (χ4n) is 2.53. The first-order valence-electron chi connectivity index (χ1n) is 7.29. The van der Waals surface area contributed by atoms with Crippen molar-refractivity contribution in [1.29, 1.82) is 0 Å². The number of amides is 1. The molecule has 114 valence electrons. The number of aromatic nitrogens is 1. The zero-order chi connectivity index (χ0) is 15.2. The van der Waals surface area contributed by atoms with Crippen LogP contribution in [0.2, 0.25) is 0 Å². The lowest BCUT2D eigenvalue weighted by Crippen LogP contribution is -2.48. The normalized spacial score (nSPS) is 21.8. The lowest BCUT2D eigenvalue weighted by molar-refractivity contribution is -0.124. The molecule has 0 bridgehead atoms. The average molecular weight is 291 g/mol. The fourth-order valence-corrected chi connectivity index (χ4v) is 2.53. The minimum absolute atomic E-state index is 0.00420. The fraction of sp³-hybridized carbons (Fsp3) is 0.533. The second-order valence-electron chi connectivity index (χ2n) is 5.38. The van der Waals surface area contributed by atoms with Gasteiger partial charge in [0.05, 0.1) is 6.04 Å². The van der Waals surface area contributed by atoms with Crippen LogP contribution in [0, 0.1) is 5.92 Å². The highest BCUT2D eigenvalue weighted by Crippen LogP contribution is 2.19. The van der Waals surface area contributed by atoms with Crippen LogP contribution in [0.5, 0.6) is 0 Å².